The Kier molecular flexibility index (Phi) is 3.73. The number of rotatable bonds is 3. The smallest absolute Gasteiger partial charge is 0.261 e. The zero-order valence-electron chi connectivity index (χ0n) is 14.2. The first kappa shape index (κ1) is 15.4. The highest BCUT2D eigenvalue weighted by molar-refractivity contribution is 6.11. The molecule has 1 aliphatic rings. The van der Waals surface area contributed by atoms with E-state index in [1.165, 1.54) is 0 Å². The summed E-state index contributed by atoms with van der Waals surface area (Å²) in [5.41, 5.74) is 4.91. The number of carbonyl (C=O) groups is 1. The highest BCUT2D eigenvalue weighted by Gasteiger charge is 2.38. The van der Waals surface area contributed by atoms with E-state index in [1.54, 1.807) is 11.1 Å². The van der Waals surface area contributed by atoms with E-state index in [0.717, 1.165) is 27.9 Å². The third kappa shape index (κ3) is 2.66. The SMILES string of the molecule is Cc1ccnc(N2C(=O)c3ccccc3[C@H]2Nc2ccccc2C)c1. The van der Waals surface area contributed by atoms with Gasteiger partial charge in [0.2, 0.25) is 0 Å². The van der Waals surface area contributed by atoms with Crippen LogP contribution < -0.4 is 10.2 Å². The largest absolute Gasteiger partial charge is 0.361 e. The number of benzene rings is 2. The van der Waals surface area contributed by atoms with Crippen molar-refractivity contribution in [3.8, 4) is 0 Å². The van der Waals surface area contributed by atoms with Gasteiger partial charge in [-0.15, -0.1) is 0 Å². The van der Waals surface area contributed by atoms with E-state index < -0.39 is 0 Å². The van der Waals surface area contributed by atoms with Crippen molar-refractivity contribution in [1.82, 2.24) is 4.98 Å². The zero-order chi connectivity index (χ0) is 17.4. The molecule has 0 aliphatic carbocycles. The summed E-state index contributed by atoms with van der Waals surface area (Å²) in [5, 5.41) is 3.53. The molecule has 1 atom stereocenters. The zero-order valence-corrected chi connectivity index (χ0v) is 14.2. The number of nitrogens with one attached hydrogen (secondary N) is 1. The monoisotopic (exact) mass is 329 g/mol. The molecule has 0 saturated carbocycles. The van der Waals surface area contributed by atoms with Crippen molar-refractivity contribution in [3.05, 3.63) is 89.1 Å². The number of nitrogens with zero attached hydrogens (tertiary/aromatic N) is 2. The molecule has 4 heteroatoms. The number of aryl methyl sites for hydroxylation is 2. The predicted octanol–water partition coefficient (Wildman–Crippen LogP) is 4.47. The minimum Gasteiger partial charge on any atom is -0.361 e. The molecule has 0 unspecified atom stereocenters. The minimum atomic E-state index is -0.279. The Morgan fingerprint density at radius 2 is 1.76 bits per heavy atom. The van der Waals surface area contributed by atoms with Crippen LogP contribution in [0.1, 0.15) is 33.2 Å². The summed E-state index contributed by atoms with van der Waals surface area (Å²) >= 11 is 0. The lowest BCUT2D eigenvalue weighted by atomic mass is 10.1. The fourth-order valence-corrected chi connectivity index (χ4v) is 3.23. The quantitative estimate of drug-likeness (QED) is 0.771. The normalized spacial score (nSPS) is 16.0. The Hall–Kier alpha value is -3.14. The van der Waals surface area contributed by atoms with Gasteiger partial charge in [-0.3, -0.25) is 9.69 Å². The number of aromatic nitrogens is 1. The van der Waals surface area contributed by atoms with Crippen molar-refractivity contribution in [2.45, 2.75) is 20.0 Å². The predicted molar refractivity (Wildman–Crippen MR) is 99.8 cm³/mol. The molecule has 2 heterocycles. The second-order valence-electron chi connectivity index (χ2n) is 6.32. The topological polar surface area (TPSA) is 45.2 Å². The standard InChI is InChI=1S/C21H19N3O/c1-14-11-12-22-19(13-14)24-20(23-18-10-6-3-7-15(18)2)16-8-4-5-9-17(16)21(24)25/h3-13,20,23H,1-2H3/t20-/m0/s1. The van der Waals surface area contributed by atoms with Gasteiger partial charge in [-0.2, -0.15) is 0 Å². The molecule has 4 nitrogen and oxygen atoms in total. The van der Waals surface area contributed by atoms with Gasteiger partial charge in [0, 0.05) is 23.0 Å². The summed E-state index contributed by atoms with van der Waals surface area (Å²) in [5.74, 6) is 0.632. The first-order valence-corrected chi connectivity index (χ1v) is 8.32. The highest BCUT2D eigenvalue weighted by atomic mass is 16.2. The van der Waals surface area contributed by atoms with E-state index in [2.05, 4.69) is 23.3 Å². The van der Waals surface area contributed by atoms with Crippen molar-refractivity contribution < 1.29 is 4.79 Å². The number of hydrogen-bond acceptors (Lipinski definition) is 3. The molecule has 1 N–H and O–H groups in total. The number of anilines is 2. The Morgan fingerprint density at radius 1 is 1.00 bits per heavy atom. The molecule has 1 aromatic heterocycles. The van der Waals surface area contributed by atoms with E-state index in [4.69, 9.17) is 0 Å². The van der Waals surface area contributed by atoms with Crippen LogP contribution in [0.4, 0.5) is 11.5 Å². The molecule has 25 heavy (non-hydrogen) atoms. The number of pyridine rings is 1. The van der Waals surface area contributed by atoms with Crippen LogP contribution in [0.2, 0.25) is 0 Å². The Bertz CT molecular complexity index is 951. The van der Waals surface area contributed by atoms with Gasteiger partial charge in [0.1, 0.15) is 12.0 Å². The average Bonchev–Trinajstić information content (AvgIpc) is 2.90. The molecule has 0 saturated heterocycles. The van der Waals surface area contributed by atoms with Crippen molar-refractivity contribution in [2.24, 2.45) is 0 Å². The number of carbonyl (C=O) groups excluding carboxylic acids is 1. The number of fused-ring (bicyclic) bond motifs is 1. The molecule has 1 aliphatic heterocycles. The van der Waals surface area contributed by atoms with Gasteiger partial charge < -0.3 is 5.32 Å². The first-order valence-electron chi connectivity index (χ1n) is 8.32. The third-order valence-electron chi connectivity index (χ3n) is 4.55. The molecule has 124 valence electrons. The lowest BCUT2D eigenvalue weighted by molar-refractivity contribution is 0.0992. The van der Waals surface area contributed by atoms with Crippen LogP contribution in [0.25, 0.3) is 0 Å². The highest BCUT2D eigenvalue weighted by Crippen LogP contribution is 2.37. The summed E-state index contributed by atoms with van der Waals surface area (Å²) < 4.78 is 0. The van der Waals surface area contributed by atoms with E-state index in [9.17, 15) is 4.79 Å². The van der Waals surface area contributed by atoms with Crippen LogP contribution in [0.15, 0.2) is 66.9 Å². The molecule has 4 rings (SSSR count). The van der Waals surface area contributed by atoms with Gasteiger partial charge in [-0.25, -0.2) is 4.98 Å². The first-order chi connectivity index (χ1) is 12.1. The second-order valence-corrected chi connectivity index (χ2v) is 6.32. The molecule has 0 spiro atoms. The van der Waals surface area contributed by atoms with Crippen LogP contribution in [0.5, 0.6) is 0 Å². The van der Waals surface area contributed by atoms with Crippen molar-refractivity contribution in [1.29, 1.82) is 0 Å². The van der Waals surface area contributed by atoms with Crippen LogP contribution in [-0.2, 0) is 0 Å². The fourth-order valence-electron chi connectivity index (χ4n) is 3.23. The summed E-state index contributed by atoms with van der Waals surface area (Å²) in [6.45, 7) is 4.06. The van der Waals surface area contributed by atoms with Crippen LogP contribution in [0, 0.1) is 13.8 Å². The van der Waals surface area contributed by atoms with E-state index in [1.807, 2.05) is 61.5 Å². The Morgan fingerprint density at radius 3 is 2.56 bits per heavy atom. The van der Waals surface area contributed by atoms with Gasteiger partial charge in [0.25, 0.3) is 5.91 Å². The molecule has 0 radical (unpaired) electrons. The molecule has 2 aromatic carbocycles. The van der Waals surface area contributed by atoms with E-state index in [-0.39, 0.29) is 12.1 Å². The minimum absolute atomic E-state index is 0.0280. The maximum Gasteiger partial charge on any atom is 0.261 e. The lowest BCUT2D eigenvalue weighted by Gasteiger charge is -2.27. The van der Waals surface area contributed by atoms with Crippen molar-refractivity contribution >= 4 is 17.4 Å². The van der Waals surface area contributed by atoms with E-state index in [0.29, 0.717) is 5.82 Å². The molecule has 3 aromatic rings. The molecule has 0 bridgehead atoms. The lowest BCUT2D eigenvalue weighted by Crippen LogP contribution is -2.33. The molecule has 0 fully saturated rings. The molecule has 1 amide bonds. The van der Waals surface area contributed by atoms with Gasteiger partial charge in [0.05, 0.1) is 0 Å². The molecular weight excluding hydrogens is 310 g/mol. The summed E-state index contributed by atoms with van der Waals surface area (Å²) in [7, 11) is 0. The Labute approximate surface area is 147 Å². The number of amides is 1. The van der Waals surface area contributed by atoms with Crippen LogP contribution in [-0.4, -0.2) is 10.9 Å². The van der Waals surface area contributed by atoms with Gasteiger partial charge in [-0.1, -0.05) is 36.4 Å². The second kappa shape index (κ2) is 6.06. The van der Waals surface area contributed by atoms with Crippen LogP contribution >= 0.6 is 0 Å². The maximum atomic E-state index is 13.0. The van der Waals surface area contributed by atoms with Crippen LogP contribution in [0.3, 0.4) is 0 Å². The summed E-state index contributed by atoms with van der Waals surface area (Å²) in [4.78, 5) is 19.2. The van der Waals surface area contributed by atoms with Gasteiger partial charge in [0.15, 0.2) is 0 Å². The maximum absolute atomic E-state index is 13.0. The number of para-hydroxylation sites is 1. The fraction of sp³-hybridized carbons (Fsp3) is 0.143. The van der Waals surface area contributed by atoms with Gasteiger partial charge >= 0.3 is 0 Å². The third-order valence-corrected chi connectivity index (χ3v) is 4.55. The summed E-state index contributed by atoms with van der Waals surface area (Å²) in [6.07, 6.45) is 1.46. The molecular formula is C21H19N3O. The Balaban J connectivity index is 1.82. The van der Waals surface area contributed by atoms with Crippen molar-refractivity contribution in [2.75, 3.05) is 10.2 Å². The van der Waals surface area contributed by atoms with Crippen molar-refractivity contribution in [3.63, 3.8) is 0 Å². The van der Waals surface area contributed by atoms with E-state index >= 15 is 0 Å². The average molecular weight is 329 g/mol. The van der Waals surface area contributed by atoms with Gasteiger partial charge in [-0.05, 0) is 49.2 Å². The number of hydrogen-bond donors (Lipinski definition) is 1. The summed E-state index contributed by atoms with van der Waals surface area (Å²) in [6, 6.07) is 19.7.